The van der Waals surface area contributed by atoms with Gasteiger partial charge < -0.3 is 5.32 Å². The Balaban J connectivity index is 1.91. The Bertz CT molecular complexity index is 705. The second-order valence-corrected chi connectivity index (χ2v) is 4.49. The Kier molecular flexibility index (Phi) is 3.13. The van der Waals surface area contributed by atoms with Crippen LogP contribution in [0.4, 0.5) is 5.82 Å². The fourth-order valence-electron chi connectivity index (χ4n) is 2.13. The van der Waals surface area contributed by atoms with Crippen molar-refractivity contribution in [2.45, 2.75) is 6.42 Å². The van der Waals surface area contributed by atoms with Crippen molar-refractivity contribution >= 4 is 17.5 Å². The molecule has 0 spiro atoms. The van der Waals surface area contributed by atoms with E-state index in [4.69, 9.17) is 0 Å². The zero-order valence-corrected chi connectivity index (χ0v) is 10.7. The number of hydrogen-bond donors (Lipinski definition) is 1. The summed E-state index contributed by atoms with van der Waals surface area (Å²) in [5.41, 5.74) is 1.67. The minimum absolute atomic E-state index is 0.175. The fourth-order valence-corrected chi connectivity index (χ4v) is 2.13. The summed E-state index contributed by atoms with van der Waals surface area (Å²) in [5.74, 6) is -0.329. The molecule has 1 N–H and O–H groups in total. The van der Waals surface area contributed by atoms with Crippen LogP contribution in [0.1, 0.15) is 15.9 Å². The van der Waals surface area contributed by atoms with Gasteiger partial charge in [0.1, 0.15) is 5.82 Å². The number of ketones is 1. The number of pyridine rings is 1. The SMILES string of the molecule is O=C1Nc2ncccc2C(=O)/C1=C/Cc1ccccc1. The van der Waals surface area contributed by atoms with E-state index >= 15 is 0 Å². The predicted octanol–water partition coefficient (Wildman–Crippen LogP) is 2.39. The monoisotopic (exact) mass is 264 g/mol. The predicted molar refractivity (Wildman–Crippen MR) is 75.4 cm³/mol. The normalized spacial score (nSPS) is 15.9. The smallest absolute Gasteiger partial charge is 0.260 e. The molecule has 0 atom stereocenters. The highest BCUT2D eigenvalue weighted by molar-refractivity contribution is 6.33. The van der Waals surface area contributed by atoms with Gasteiger partial charge in [-0.3, -0.25) is 9.59 Å². The molecule has 0 saturated heterocycles. The van der Waals surface area contributed by atoms with Crippen LogP contribution in [0.5, 0.6) is 0 Å². The summed E-state index contributed by atoms with van der Waals surface area (Å²) in [6, 6.07) is 13.0. The molecular formula is C16H12N2O2. The first-order valence-electron chi connectivity index (χ1n) is 6.31. The van der Waals surface area contributed by atoms with E-state index in [1.807, 2.05) is 30.3 Å². The van der Waals surface area contributed by atoms with Crippen LogP contribution < -0.4 is 5.32 Å². The number of aromatic nitrogens is 1. The number of rotatable bonds is 2. The Morgan fingerprint density at radius 1 is 1.05 bits per heavy atom. The largest absolute Gasteiger partial charge is 0.306 e. The molecule has 0 fully saturated rings. The molecular weight excluding hydrogens is 252 g/mol. The van der Waals surface area contributed by atoms with Gasteiger partial charge in [0.25, 0.3) is 5.91 Å². The molecule has 1 amide bonds. The zero-order chi connectivity index (χ0) is 13.9. The molecule has 3 rings (SSSR count). The molecule has 2 heterocycles. The van der Waals surface area contributed by atoms with Crippen molar-refractivity contribution in [2.75, 3.05) is 5.32 Å². The van der Waals surface area contributed by atoms with E-state index in [2.05, 4.69) is 10.3 Å². The average molecular weight is 264 g/mol. The van der Waals surface area contributed by atoms with E-state index in [-0.39, 0.29) is 11.4 Å². The van der Waals surface area contributed by atoms with Gasteiger partial charge in [0.2, 0.25) is 5.78 Å². The van der Waals surface area contributed by atoms with Crippen molar-refractivity contribution < 1.29 is 9.59 Å². The third-order valence-electron chi connectivity index (χ3n) is 3.16. The van der Waals surface area contributed by atoms with Crippen molar-refractivity contribution in [3.8, 4) is 0 Å². The third kappa shape index (κ3) is 2.23. The molecule has 4 nitrogen and oxygen atoms in total. The number of anilines is 1. The fraction of sp³-hybridized carbons (Fsp3) is 0.0625. The molecule has 1 aliphatic heterocycles. The highest BCUT2D eigenvalue weighted by Crippen LogP contribution is 2.23. The molecule has 98 valence electrons. The first-order valence-corrected chi connectivity index (χ1v) is 6.31. The lowest BCUT2D eigenvalue weighted by Gasteiger charge is -2.16. The van der Waals surface area contributed by atoms with Gasteiger partial charge in [-0.25, -0.2) is 4.98 Å². The van der Waals surface area contributed by atoms with Crippen molar-refractivity contribution in [3.05, 3.63) is 71.4 Å². The molecule has 0 radical (unpaired) electrons. The minimum Gasteiger partial charge on any atom is -0.306 e. The van der Waals surface area contributed by atoms with E-state index in [0.717, 1.165) is 5.56 Å². The summed E-state index contributed by atoms with van der Waals surface area (Å²) < 4.78 is 0. The van der Waals surface area contributed by atoms with Gasteiger partial charge in [-0.15, -0.1) is 0 Å². The molecule has 0 saturated carbocycles. The van der Waals surface area contributed by atoms with E-state index < -0.39 is 5.91 Å². The number of carbonyl (C=O) groups excluding carboxylic acids is 2. The van der Waals surface area contributed by atoms with Crippen molar-refractivity contribution in [3.63, 3.8) is 0 Å². The van der Waals surface area contributed by atoms with Crippen LogP contribution in [0.3, 0.4) is 0 Å². The van der Waals surface area contributed by atoms with E-state index in [9.17, 15) is 9.59 Å². The first kappa shape index (κ1) is 12.3. The maximum absolute atomic E-state index is 12.3. The molecule has 2 aromatic rings. The number of nitrogens with one attached hydrogen (secondary N) is 1. The maximum atomic E-state index is 12.3. The van der Waals surface area contributed by atoms with Crippen molar-refractivity contribution in [1.29, 1.82) is 0 Å². The van der Waals surface area contributed by atoms with Gasteiger partial charge in [0, 0.05) is 6.20 Å². The maximum Gasteiger partial charge on any atom is 0.260 e. The second kappa shape index (κ2) is 5.09. The van der Waals surface area contributed by atoms with Gasteiger partial charge in [-0.05, 0) is 24.1 Å². The lowest BCUT2D eigenvalue weighted by molar-refractivity contribution is -0.112. The Morgan fingerprint density at radius 2 is 1.85 bits per heavy atom. The summed E-state index contributed by atoms with van der Waals surface area (Å²) in [6.45, 7) is 0. The highest BCUT2D eigenvalue weighted by Gasteiger charge is 2.28. The molecule has 1 aromatic heterocycles. The third-order valence-corrected chi connectivity index (χ3v) is 3.16. The van der Waals surface area contributed by atoms with Crippen LogP contribution in [0, 0.1) is 0 Å². The topological polar surface area (TPSA) is 59.1 Å². The Hall–Kier alpha value is -2.75. The van der Waals surface area contributed by atoms with Gasteiger partial charge >= 0.3 is 0 Å². The molecule has 0 aliphatic carbocycles. The van der Waals surface area contributed by atoms with Gasteiger partial charge in [-0.2, -0.15) is 0 Å². The number of allylic oxidation sites excluding steroid dienone is 1. The van der Waals surface area contributed by atoms with Gasteiger partial charge in [0.05, 0.1) is 11.1 Å². The first-order chi connectivity index (χ1) is 9.75. The van der Waals surface area contributed by atoms with Crippen LogP contribution >= 0.6 is 0 Å². The number of benzene rings is 1. The van der Waals surface area contributed by atoms with E-state index in [1.54, 1.807) is 24.4 Å². The molecule has 20 heavy (non-hydrogen) atoms. The number of fused-ring (bicyclic) bond motifs is 1. The van der Waals surface area contributed by atoms with Crippen LogP contribution in [0.15, 0.2) is 60.3 Å². The quantitative estimate of drug-likeness (QED) is 0.669. The molecule has 1 aromatic carbocycles. The Labute approximate surface area is 116 Å². The lowest BCUT2D eigenvalue weighted by atomic mass is 9.97. The van der Waals surface area contributed by atoms with E-state index in [0.29, 0.717) is 17.8 Å². The Morgan fingerprint density at radius 3 is 2.65 bits per heavy atom. The standard InChI is InChI=1S/C16H12N2O2/c19-14-12-7-4-10-17-15(12)18-16(20)13(14)9-8-11-5-2-1-3-6-11/h1-7,9-10H,8H2,(H,17,18,20)/b13-9-. The number of nitrogens with zero attached hydrogens (tertiary/aromatic N) is 1. The highest BCUT2D eigenvalue weighted by atomic mass is 16.2. The number of hydrogen-bond acceptors (Lipinski definition) is 3. The van der Waals surface area contributed by atoms with Crippen LogP contribution in [-0.2, 0) is 11.2 Å². The second-order valence-electron chi connectivity index (χ2n) is 4.49. The minimum atomic E-state index is -0.392. The molecule has 1 aliphatic rings. The summed E-state index contributed by atoms with van der Waals surface area (Å²) >= 11 is 0. The van der Waals surface area contributed by atoms with Gasteiger partial charge in [-0.1, -0.05) is 36.4 Å². The summed E-state index contributed by atoms with van der Waals surface area (Å²) in [4.78, 5) is 28.2. The van der Waals surface area contributed by atoms with Crippen molar-refractivity contribution in [2.24, 2.45) is 0 Å². The van der Waals surface area contributed by atoms with E-state index in [1.165, 1.54) is 0 Å². The lowest BCUT2D eigenvalue weighted by Crippen LogP contribution is -2.28. The molecule has 0 bridgehead atoms. The number of amides is 1. The number of carbonyl (C=O) groups is 2. The summed E-state index contributed by atoms with van der Waals surface area (Å²) in [6.07, 6.45) is 3.76. The zero-order valence-electron chi connectivity index (χ0n) is 10.7. The average Bonchev–Trinajstić information content (AvgIpc) is 2.48. The summed E-state index contributed by atoms with van der Waals surface area (Å²) in [5, 5.41) is 2.64. The summed E-state index contributed by atoms with van der Waals surface area (Å²) in [7, 11) is 0. The molecule has 0 unspecified atom stereocenters. The molecule has 4 heteroatoms. The number of Topliss-reactive ketones (excluding diaryl/α,β-unsaturated/α-hetero) is 1. The van der Waals surface area contributed by atoms with Crippen LogP contribution in [0.25, 0.3) is 0 Å². The van der Waals surface area contributed by atoms with Crippen LogP contribution in [-0.4, -0.2) is 16.7 Å². The van der Waals surface area contributed by atoms with Crippen molar-refractivity contribution in [1.82, 2.24) is 4.98 Å². The van der Waals surface area contributed by atoms with Gasteiger partial charge in [0.15, 0.2) is 0 Å². The van der Waals surface area contributed by atoms with Crippen LogP contribution in [0.2, 0.25) is 0 Å².